The highest BCUT2D eigenvalue weighted by Gasteiger charge is 2.34. The molecule has 0 atom stereocenters. The lowest BCUT2D eigenvalue weighted by Crippen LogP contribution is -2.16. The van der Waals surface area contributed by atoms with Crippen molar-refractivity contribution in [1.29, 1.82) is 0 Å². The molecule has 0 aromatic heterocycles. The summed E-state index contributed by atoms with van der Waals surface area (Å²) in [4.78, 5) is 0. The fourth-order valence-corrected chi connectivity index (χ4v) is 2.33. The Balaban J connectivity index is 2.41. The first-order valence-corrected chi connectivity index (χ1v) is 10.6. The first-order valence-electron chi connectivity index (χ1n) is 7.13. The smallest absolute Gasteiger partial charge is 0.419 e. The van der Waals surface area contributed by atoms with Crippen molar-refractivity contribution in [2.24, 2.45) is 0 Å². The van der Waals surface area contributed by atoms with Crippen molar-refractivity contribution in [3.05, 3.63) is 59.7 Å². The maximum absolute atomic E-state index is 13.1. The van der Waals surface area contributed by atoms with Gasteiger partial charge in [-0.2, -0.15) is 13.2 Å². The number of alkyl halides is 3. The molecule has 2 aromatic rings. The Kier molecular flexibility index (Phi) is 4.86. The van der Waals surface area contributed by atoms with Crippen LogP contribution in [-0.4, -0.2) is 8.07 Å². The van der Waals surface area contributed by atoms with Crippen molar-refractivity contribution >= 4 is 8.07 Å². The average Bonchev–Trinajstić information content (AvgIpc) is 2.45. The second-order valence-electron chi connectivity index (χ2n) is 6.09. The molecular weight excluding hydrogens is 317 g/mol. The first-order chi connectivity index (χ1) is 10.7. The molecule has 0 aliphatic rings. The molecule has 23 heavy (non-hydrogen) atoms. The third-order valence-electron chi connectivity index (χ3n) is 2.87. The minimum absolute atomic E-state index is 0.220. The van der Waals surface area contributed by atoms with Crippen LogP contribution in [-0.2, 0) is 6.18 Å². The molecule has 0 unspecified atom stereocenters. The molecule has 0 fully saturated rings. The third kappa shape index (κ3) is 4.90. The van der Waals surface area contributed by atoms with Crippen LogP contribution >= 0.6 is 0 Å². The number of para-hydroxylation sites is 2. The summed E-state index contributed by atoms with van der Waals surface area (Å²) < 4.78 is 44.7. The Morgan fingerprint density at radius 1 is 0.870 bits per heavy atom. The van der Waals surface area contributed by atoms with Crippen LogP contribution in [0.1, 0.15) is 11.1 Å². The molecule has 0 saturated carbocycles. The lowest BCUT2D eigenvalue weighted by atomic mass is 10.2. The maximum Gasteiger partial charge on any atom is 0.419 e. The van der Waals surface area contributed by atoms with Gasteiger partial charge in [-0.05, 0) is 24.3 Å². The maximum atomic E-state index is 13.1. The van der Waals surface area contributed by atoms with E-state index in [9.17, 15) is 13.2 Å². The SMILES string of the molecule is C[Si](C)(C)C#Cc1ccccc1Oc1ccccc1C(F)(F)F. The van der Waals surface area contributed by atoms with Crippen molar-refractivity contribution in [3.63, 3.8) is 0 Å². The van der Waals surface area contributed by atoms with Crippen molar-refractivity contribution in [1.82, 2.24) is 0 Å². The molecule has 5 heteroatoms. The van der Waals surface area contributed by atoms with Gasteiger partial charge in [-0.25, -0.2) is 0 Å². The fraction of sp³-hybridized carbons (Fsp3) is 0.222. The van der Waals surface area contributed by atoms with Gasteiger partial charge in [0.15, 0.2) is 0 Å². The van der Waals surface area contributed by atoms with Gasteiger partial charge in [0.2, 0.25) is 0 Å². The van der Waals surface area contributed by atoms with Gasteiger partial charge in [0.25, 0.3) is 0 Å². The van der Waals surface area contributed by atoms with Crippen LogP contribution in [0.2, 0.25) is 19.6 Å². The molecule has 0 bridgehead atoms. The summed E-state index contributed by atoms with van der Waals surface area (Å²) in [5.74, 6) is 3.15. The summed E-state index contributed by atoms with van der Waals surface area (Å²) in [7, 11) is -1.59. The van der Waals surface area contributed by atoms with Gasteiger partial charge >= 0.3 is 6.18 Å². The van der Waals surface area contributed by atoms with Crippen LogP contribution in [0.5, 0.6) is 11.5 Å². The summed E-state index contributed by atoms with van der Waals surface area (Å²) in [6, 6.07) is 12.0. The predicted molar refractivity (Wildman–Crippen MR) is 88.2 cm³/mol. The van der Waals surface area contributed by atoms with Gasteiger partial charge in [-0.15, -0.1) is 5.54 Å². The summed E-state index contributed by atoms with van der Waals surface area (Å²) in [5, 5.41) is 0. The minimum Gasteiger partial charge on any atom is -0.455 e. The summed E-state index contributed by atoms with van der Waals surface area (Å²) >= 11 is 0. The number of rotatable bonds is 2. The van der Waals surface area contributed by atoms with E-state index < -0.39 is 19.8 Å². The highest BCUT2D eigenvalue weighted by atomic mass is 28.3. The second kappa shape index (κ2) is 6.51. The largest absolute Gasteiger partial charge is 0.455 e. The quantitative estimate of drug-likeness (QED) is 0.504. The van der Waals surface area contributed by atoms with Gasteiger partial charge in [-0.3, -0.25) is 0 Å². The summed E-state index contributed by atoms with van der Waals surface area (Å²) in [6.07, 6.45) is -4.46. The van der Waals surface area contributed by atoms with E-state index in [1.54, 1.807) is 24.3 Å². The highest BCUT2D eigenvalue weighted by molar-refractivity contribution is 6.83. The molecular formula is C18H17F3OSi. The third-order valence-corrected chi connectivity index (χ3v) is 3.75. The van der Waals surface area contributed by atoms with E-state index in [1.165, 1.54) is 18.2 Å². The number of hydrogen-bond acceptors (Lipinski definition) is 1. The monoisotopic (exact) mass is 334 g/mol. The van der Waals surface area contributed by atoms with E-state index >= 15 is 0 Å². The molecule has 0 aliphatic heterocycles. The molecule has 2 aromatic carbocycles. The molecule has 0 aliphatic carbocycles. The predicted octanol–water partition coefficient (Wildman–Crippen LogP) is 5.73. The normalized spacial score (nSPS) is 11.6. The van der Waals surface area contributed by atoms with Crippen molar-refractivity contribution in [2.75, 3.05) is 0 Å². The lowest BCUT2D eigenvalue weighted by Gasteiger charge is -2.14. The number of hydrogen-bond donors (Lipinski definition) is 0. The van der Waals surface area contributed by atoms with Crippen LogP contribution in [0.4, 0.5) is 13.2 Å². The summed E-state index contributed by atoms with van der Waals surface area (Å²) in [5.41, 5.74) is 2.99. The van der Waals surface area contributed by atoms with E-state index in [4.69, 9.17) is 4.74 Å². The van der Waals surface area contributed by atoms with Crippen LogP contribution in [0.25, 0.3) is 0 Å². The van der Waals surface area contributed by atoms with E-state index in [0.717, 1.165) is 6.07 Å². The molecule has 0 heterocycles. The molecule has 0 N–H and O–H groups in total. The zero-order valence-corrected chi connectivity index (χ0v) is 14.2. The van der Waals surface area contributed by atoms with Gasteiger partial charge in [0.05, 0.1) is 11.1 Å². The Hall–Kier alpha value is -2.19. The Labute approximate surface area is 135 Å². The molecule has 0 saturated heterocycles. The number of benzene rings is 2. The van der Waals surface area contributed by atoms with Gasteiger partial charge < -0.3 is 4.74 Å². The molecule has 1 nitrogen and oxygen atoms in total. The molecule has 2 rings (SSSR count). The topological polar surface area (TPSA) is 9.23 Å². The standard InChI is InChI=1S/C18H17F3OSi/c1-23(2,3)13-12-14-8-4-6-10-16(14)22-17-11-7-5-9-15(17)18(19,20)21/h4-11H,1-3H3. The zero-order chi connectivity index (χ0) is 17.1. The Morgan fingerprint density at radius 2 is 1.43 bits per heavy atom. The second-order valence-corrected chi connectivity index (χ2v) is 10.8. The van der Waals surface area contributed by atoms with Gasteiger partial charge in [0, 0.05) is 0 Å². The van der Waals surface area contributed by atoms with Crippen molar-refractivity contribution in [3.8, 4) is 23.0 Å². The van der Waals surface area contributed by atoms with Crippen LogP contribution < -0.4 is 4.74 Å². The van der Waals surface area contributed by atoms with Crippen molar-refractivity contribution < 1.29 is 17.9 Å². The Bertz CT molecular complexity index is 749. The van der Waals surface area contributed by atoms with Crippen LogP contribution in [0.3, 0.4) is 0 Å². The average molecular weight is 334 g/mol. The highest BCUT2D eigenvalue weighted by Crippen LogP contribution is 2.38. The van der Waals surface area contributed by atoms with Crippen molar-refractivity contribution in [2.45, 2.75) is 25.8 Å². The molecule has 0 amide bonds. The Morgan fingerprint density at radius 3 is 2.04 bits per heavy atom. The van der Waals surface area contributed by atoms with Gasteiger partial charge in [-0.1, -0.05) is 49.8 Å². The zero-order valence-electron chi connectivity index (χ0n) is 13.2. The fourth-order valence-electron chi connectivity index (χ4n) is 1.82. The van der Waals surface area contributed by atoms with Crippen LogP contribution in [0, 0.1) is 11.5 Å². The van der Waals surface area contributed by atoms with E-state index in [0.29, 0.717) is 11.3 Å². The summed E-state index contributed by atoms with van der Waals surface area (Å²) in [6.45, 7) is 6.30. The number of halogens is 3. The first kappa shape index (κ1) is 17.2. The van der Waals surface area contributed by atoms with Gasteiger partial charge in [0.1, 0.15) is 19.6 Å². The molecule has 0 radical (unpaired) electrons. The molecule has 0 spiro atoms. The minimum atomic E-state index is -4.46. The lowest BCUT2D eigenvalue weighted by molar-refractivity contribution is -0.138. The van der Waals surface area contributed by atoms with E-state index in [1.807, 2.05) is 0 Å². The van der Waals surface area contributed by atoms with E-state index in [-0.39, 0.29) is 5.75 Å². The number of ether oxygens (including phenoxy) is 1. The molecule has 120 valence electrons. The van der Waals surface area contributed by atoms with Crippen LogP contribution in [0.15, 0.2) is 48.5 Å². The van der Waals surface area contributed by atoms with E-state index in [2.05, 4.69) is 31.1 Å².